The maximum absolute atomic E-state index is 10.8. The molecule has 0 aliphatic carbocycles. The standard InChI is InChI=1S/C12H16BrN3O/c13-10-1-2-12(15-8-10)16-5-3-9(4-6-16)7-11(14)17/h1-2,8-9H,3-7H2,(H2,14,17). The largest absolute Gasteiger partial charge is 0.370 e. The molecule has 2 heterocycles. The molecule has 0 radical (unpaired) electrons. The third-order valence-corrected chi connectivity index (χ3v) is 3.61. The number of carbonyl (C=O) groups excluding carboxylic acids is 1. The molecule has 5 heteroatoms. The lowest BCUT2D eigenvalue weighted by molar-refractivity contribution is -0.119. The van der Waals surface area contributed by atoms with Crippen molar-refractivity contribution in [2.75, 3.05) is 18.0 Å². The van der Waals surface area contributed by atoms with E-state index in [0.29, 0.717) is 12.3 Å². The van der Waals surface area contributed by atoms with Gasteiger partial charge in [-0.25, -0.2) is 4.98 Å². The van der Waals surface area contributed by atoms with Gasteiger partial charge in [0, 0.05) is 30.2 Å². The molecule has 92 valence electrons. The second kappa shape index (κ2) is 5.49. The summed E-state index contributed by atoms with van der Waals surface area (Å²) in [6.45, 7) is 1.90. The van der Waals surface area contributed by atoms with Gasteiger partial charge in [-0.05, 0) is 46.8 Å². The van der Waals surface area contributed by atoms with Crippen LogP contribution < -0.4 is 10.6 Å². The summed E-state index contributed by atoms with van der Waals surface area (Å²) in [6, 6.07) is 4.01. The molecular formula is C12H16BrN3O. The molecule has 1 amide bonds. The molecule has 1 aliphatic heterocycles. The van der Waals surface area contributed by atoms with Crippen LogP contribution in [0.4, 0.5) is 5.82 Å². The first-order valence-electron chi connectivity index (χ1n) is 5.80. The van der Waals surface area contributed by atoms with Crippen LogP contribution in [0.5, 0.6) is 0 Å². The molecule has 0 aromatic carbocycles. The van der Waals surface area contributed by atoms with E-state index in [1.807, 2.05) is 18.3 Å². The van der Waals surface area contributed by atoms with E-state index in [1.165, 1.54) is 0 Å². The summed E-state index contributed by atoms with van der Waals surface area (Å²) in [5.74, 6) is 1.26. The first-order chi connectivity index (χ1) is 8.15. The number of hydrogen-bond donors (Lipinski definition) is 1. The van der Waals surface area contributed by atoms with E-state index in [2.05, 4.69) is 25.8 Å². The lowest BCUT2D eigenvalue weighted by Crippen LogP contribution is -2.35. The van der Waals surface area contributed by atoms with Gasteiger partial charge >= 0.3 is 0 Å². The lowest BCUT2D eigenvalue weighted by Gasteiger charge is -2.32. The van der Waals surface area contributed by atoms with Crippen LogP contribution in [0, 0.1) is 5.92 Å². The van der Waals surface area contributed by atoms with Crippen LogP contribution in [-0.2, 0) is 4.79 Å². The number of carbonyl (C=O) groups is 1. The molecular weight excluding hydrogens is 282 g/mol. The number of primary amides is 1. The Morgan fingerprint density at radius 1 is 1.47 bits per heavy atom. The smallest absolute Gasteiger partial charge is 0.217 e. The van der Waals surface area contributed by atoms with Crippen LogP contribution in [0.1, 0.15) is 19.3 Å². The van der Waals surface area contributed by atoms with Crippen LogP contribution in [0.25, 0.3) is 0 Å². The first-order valence-corrected chi connectivity index (χ1v) is 6.59. The summed E-state index contributed by atoms with van der Waals surface area (Å²) in [4.78, 5) is 17.5. The zero-order valence-corrected chi connectivity index (χ0v) is 11.2. The topological polar surface area (TPSA) is 59.2 Å². The van der Waals surface area contributed by atoms with Crippen molar-refractivity contribution in [3.05, 3.63) is 22.8 Å². The van der Waals surface area contributed by atoms with E-state index >= 15 is 0 Å². The van der Waals surface area contributed by atoms with Crippen molar-refractivity contribution in [3.63, 3.8) is 0 Å². The highest BCUT2D eigenvalue weighted by atomic mass is 79.9. The molecule has 1 saturated heterocycles. The van der Waals surface area contributed by atoms with Gasteiger partial charge in [-0.2, -0.15) is 0 Å². The SMILES string of the molecule is NC(=O)CC1CCN(c2ccc(Br)cn2)CC1. The Kier molecular flexibility index (Phi) is 3.99. The van der Waals surface area contributed by atoms with E-state index in [9.17, 15) is 4.79 Å². The Bertz CT molecular complexity index is 385. The average Bonchev–Trinajstić information content (AvgIpc) is 2.30. The van der Waals surface area contributed by atoms with Crippen LogP contribution in [0.3, 0.4) is 0 Å². The molecule has 1 aliphatic rings. The number of amides is 1. The molecule has 2 N–H and O–H groups in total. The normalized spacial score (nSPS) is 17.1. The van der Waals surface area contributed by atoms with E-state index in [1.54, 1.807) is 0 Å². The van der Waals surface area contributed by atoms with E-state index in [0.717, 1.165) is 36.2 Å². The average molecular weight is 298 g/mol. The first kappa shape index (κ1) is 12.4. The number of anilines is 1. The summed E-state index contributed by atoms with van der Waals surface area (Å²) in [7, 11) is 0. The quantitative estimate of drug-likeness (QED) is 0.927. The summed E-state index contributed by atoms with van der Waals surface area (Å²) >= 11 is 3.37. The monoisotopic (exact) mass is 297 g/mol. The van der Waals surface area contributed by atoms with Gasteiger partial charge in [0.15, 0.2) is 0 Å². The number of pyridine rings is 1. The number of nitrogens with two attached hydrogens (primary N) is 1. The maximum Gasteiger partial charge on any atom is 0.217 e. The molecule has 17 heavy (non-hydrogen) atoms. The van der Waals surface area contributed by atoms with Crippen molar-refractivity contribution in [2.24, 2.45) is 11.7 Å². The summed E-state index contributed by atoms with van der Waals surface area (Å²) in [5, 5.41) is 0. The number of halogens is 1. The van der Waals surface area contributed by atoms with E-state index < -0.39 is 0 Å². The molecule has 0 saturated carbocycles. The Morgan fingerprint density at radius 2 is 2.18 bits per heavy atom. The number of rotatable bonds is 3. The van der Waals surface area contributed by atoms with Gasteiger partial charge in [-0.1, -0.05) is 0 Å². The second-order valence-corrected chi connectivity index (χ2v) is 5.35. The zero-order valence-electron chi connectivity index (χ0n) is 9.60. The van der Waals surface area contributed by atoms with Crippen LogP contribution in [0.15, 0.2) is 22.8 Å². The van der Waals surface area contributed by atoms with Crippen molar-refractivity contribution >= 4 is 27.7 Å². The molecule has 0 atom stereocenters. The van der Waals surface area contributed by atoms with Gasteiger partial charge in [-0.15, -0.1) is 0 Å². The fraction of sp³-hybridized carbons (Fsp3) is 0.500. The third kappa shape index (κ3) is 3.43. The van der Waals surface area contributed by atoms with E-state index in [-0.39, 0.29) is 5.91 Å². The van der Waals surface area contributed by atoms with Gasteiger partial charge in [0.05, 0.1) is 0 Å². The summed E-state index contributed by atoms with van der Waals surface area (Å²) < 4.78 is 0.991. The van der Waals surface area contributed by atoms with Gasteiger partial charge in [0.2, 0.25) is 5.91 Å². The third-order valence-electron chi connectivity index (χ3n) is 3.14. The molecule has 1 aromatic heterocycles. The van der Waals surface area contributed by atoms with Crippen molar-refractivity contribution in [1.29, 1.82) is 0 Å². The lowest BCUT2D eigenvalue weighted by atomic mass is 9.93. The highest BCUT2D eigenvalue weighted by molar-refractivity contribution is 9.10. The summed E-state index contributed by atoms with van der Waals surface area (Å²) in [5.41, 5.74) is 5.22. The van der Waals surface area contributed by atoms with Crippen molar-refractivity contribution < 1.29 is 4.79 Å². The number of hydrogen-bond acceptors (Lipinski definition) is 3. The molecule has 2 rings (SSSR count). The minimum atomic E-state index is -0.190. The highest BCUT2D eigenvalue weighted by Crippen LogP contribution is 2.24. The Balaban J connectivity index is 1.90. The molecule has 0 unspecified atom stereocenters. The number of piperidine rings is 1. The number of aromatic nitrogens is 1. The van der Waals surface area contributed by atoms with Crippen molar-refractivity contribution in [3.8, 4) is 0 Å². The minimum Gasteiger partial charge on any atom is -0.370 e. The predicted molar refractivity (Wildman–Crippen MR) is 70.7 cm³/mol. The van der Waals surface area contributed by atoms with Crippen molar-refractivity contribution in [1.82, 2.24) is 4.98 Å². The van der Waals surface area contributed by atoms with Gasteiger partial charge in [0.25, 0.3) is 0 Å². The molecule has 0 spiro atoms. The Morgan fingerprint density at radius 3 is 2.71 bits per heavy atom. The van der Waals surface area contributed by atoms with Crippen molar-refractivity contribution in [2.45, 2.75) is 19.3 Å². The predicted octanol–water partition coefficient (Wildman–Crippen LogP) is 1.94. The molecule has 4 nitrogen and oxygen atoms in total. The summed E-state index contributed by atoms with van der Waals surface area (Å²) in [6.07, 6.45) is 4.35. The van der Waals surface area contributed by atoms with E-state index in [4.69, 9.17) is 5.73 Å². The molecule has 1 fully saturated rings. The molecule has 1 aromatic rings. The Labute approximate surface area is 109 Å². The fourth-order valence-electron chi connectivity index (χ4n) is 2.21. The second-order valence-electron chi connectivity index (χ2n) is 4.44. The highest BCUT2D eigenvalue weighted by Gasteiger charge is 2.21. The van der Waals surface area contributed by atoms with Crippen LogP contribution in [-0.4, -0.2) is 24.0 Å². The maximum atomic E-state index is 10.8. The van der Waals surface area contributed by atoms with Gasteiger partial charge < -0.3 is 10.6 Å². The fourth-order valence-corrected chi connectivity index (χ4v) is 2.44. The van der Waals surface area contributed by atoms with Gasteiger partial charge in [-0.3, -0.25) is 4.79 Å². The zero-order chi connectivity index (χ0) is 12.3. The Hall–Kier alpha value is -1.10. The minimum absolute atomic E-state index is 0.190. The van der Waals surface area contributed by atoms with Gasteiger partial charge in [0.1, 0.15) is 5.82 Å². The van der Waals surface area contributed by atoms with Crippen LogP contribution >= 0.6 is 15.9 Å². The number of nitrogens with zero attached hydrogens (tertiary/aromatic N) is 2. The molecule has 0 bridgehead atoms. The van der Waals surface area contributed by atoms with Crippen LogP contribution in [0.2, 0.25) is 0 Å².